The van der Waals surface area contributed by atoms with Gasteiger partial charge >= 0.3 is 29.6 Å². The Labute approximate surface area is 120 Å². The summed E-state index contributed by atoms with van der Waals surface area (Å²) in [6.07, 6.45) is -5.92. The molecule has 0 aromatic carbocycles. The van der Waals surface area contributed by atoms with Gasteiger partial charge in [-0.15, -0.1) is 0 Å². The zero-order valence-electron chi connectivity index (χ0n) is 8.92. The van der Waals surface area contributed by atoms with Gasteiger partial charge in [0.05, 0.1) is 6.61 Å². The molecule has 0 saturated heterocycles. The van der Waals surface area contributed by atoms with Crippen LogP contribution in [-0.4, -0.2) is 70.6 Å². The summed E-state index contributed by atoms with van der Waals surface area (Å²) >= 11 is 0. The topological polar surface area (TPSA) is 167 Å². The van der Waals surface area contributed by atoms with Crippen LogP contribution in [0.5, 0.6) is 0 Å². The first-order valence-electron chi connectivity index (χ1n) is 4.06. The first-order chi connectivity index (χ1) is 7.22. The number of carbonyl (C=O) groups is 1. The van der Waals surface area contributed by atoms with E-state index in [1.165, 1.54) is 4.72 Å². The molecule has 0 radical (unpaired) electrons. The molecule has 96 valence electrons. The summed E-state index contributed by atoms with van der Waals surface area (Å²) in [7, 11) is -4.99. The van der Waals surface area contributed by atoms with Crippen molar-refractivity contribution in [2.24, 2.45) is 0 Å². The second kappa shape index (κ2) is 8.48. The molecular formula is C6H12NNaO8S. The quantitative estimate of drug-likeness (QED) is 0.174. The van der Waals surface area contributed by atoms with E-state index in [0.717, 1.165) is 0 Å². The van der Waals surface area contributed by atoms with Crippen LogP contribution >= 0.6 is 0 Å². The summed E-state index contributed by atoms with van der Waals surface area (Å²) in [5.41, 5.74) is 0. The second-order valence-electron chi connectivity index (χ2n) is 2.96. The van der Waals surface area contributed by atoms with Crippen molar-refractivity contribution in [2.75, 3.05) is 6.61 Å². The van der Waals surface area contributed by atoms with Gasteiger partial charge in [0.25, 0.3) is 0 Å². The first-order valence-corrected chi connectivity index (χ1v) is 5.47. The van der Waals surface area contributed by atoms with Gasteiger partial charge in [0.2, 0.25) is 0 Å². The van der Waals surface area contributed by atoms with Crippen LogP contribution in [0.1, 0.15) is 0 Å². The van der Waals surface area contributed by atoms with Crippen molar-refractivity contribution in [3.8, 4) is 0 Å². The third kappa shape index (κ3) is 7.41. The summed E-state index contributed by atoms with van der Waals surface area (Å²) in [6, 6.07) is -1.90. The molecule has 11 heteroatoms. The summed E-state index contributed by atoms with van der Waals surface area (Å²) in [6.45, 7) is -0.909. The first kappa shape index (κ1) is 19.7. The van der Waals surface area contributed by atoms with Crippen molar-refractivity contribution in [2.45, 2.75) is 24.4 Å². The zero-order chi connectivity index (χ0) is 12.9. The Morgan fingerprint density at radius 3 is 2.00 bits per heavy atom. The molecule has 0 bridgehead atoms. The monoisotopic (exact) mass is 281 g/mol. The standard InChI is InChI=1S/C6H13NO8S.Na/c8-1-3(7-16(13,14)15)5(11)6(12)4(10)2-9;/h1,3-7,9-12H,2H2,(H,13,14,15);/q;+1/p-1/t3-,4?,5?,6?;/m0./s1. The van der Waals surface area contributed by atoms with Crippen LogP contribution in [0.2, 0.25) is 0 Å². The molecule has 0 rings (SSSR count). The molecule has 17 heavy (non-hydrogen) atoms. The van der Waals surface area contributed by atoms with E-state index in [9.17, 15) is 22.9 Å². The Hall–Kier alpha value is 0.380. The van der Waals surface area contributed by atoms with E-state index < -0.39 is 41.3 Å². The van der Waals surface area contributed by atoms with Gasteiger partial charge in [-0.2, -0.15) is 0 Å². The van der Waals surface area contributed by atoms with Crippen LogP contribution in [0.15, 0.2) is 0 Å². The van der Waals surface area contributed by atoms with Crippen LogP contribution in [-0.2, 0) is 15.1 Å². The molecule has 0 heterocycles. The maximum absolute atomic E-state index is 10.4. The van der Waals surface area contributed by atoms with Gasteiger partial charge < -0.3 is 29.8 Å². The third-order valence-corrected chi connectivity index (χ3v) is 2.29. The van der Waals surface area contributed by atoms with Gasteiger partial charge in [-0.05, 0) is 0 Å². The molecule has 0 aliphatic carbocycles. The summed E-state index contributed by atoms with van der Waals surface area (Å²) < 4.78 is 31.9. The molecule has 3 unspecified atom stereocenters. The summed E-state index contributed by atoms with van der Waals surface area (Å²) in [5, 5.41) is 35.7. The van der Waals surface area contributed by atoms with Crippen LogP contribution in [0.3, 0.4) is 0 Å². The van der Waals surface area contributed by atoms with E-state index in [-0.39, 0.29) is 35.8 Å². The molecule has 0 aromatic heterocycles. The predicted molar refractivity (Wildman–Crippen MR) is 47.8 cm³/mol. The number of aldehydes is 1. The third-order valence-electron chi connectivity index (χ3n) is 1.73. The molecule has 0 saturated carbocycles. The Bertz CT molecular complexity index is 322. The van der Waals surface area contributed by atoms with Crippen LogP contribution in [0.4, 0.5) is 0 Å². The van der Waals surface area contributed by atoms with Gasteiger partial charge in [0.1, 0.15) is 30.6 Å². The van der Waals surface area contributed by atoms with E-state index >= 15 is 0 Å². The van der Waals surface area contributed by atoms with Crippen molar-refractivity contribution in [3.63, 3.8) is 0 Å². The Balaban J connectivity index is 0. The number of aliphatic hydroxyl groups excluding tert-OH is 4. The van der Waals surface area contributed by atoms with E-state index in [0.29, 0.717) is 0 Å². The molecular weight excluding hydrogens is 269 g/mol. The minimum atomic E-state index is -4.99. The Morgan fingerprint density at radius 1 is 1.24 bits per heavy atom. The molecule has 0 spiro atoms. The Kier molecular flexibility index (Phi) is 9.83. The van der Waals surface area contributed by atoms with E-state index in [2.05, 4.69) is 0 Å². The van der Waals surface area contributed by atoms with Crippen molar-refractivity contribution >= 4 is 16.6 Å². The molecule has 0 aliphatic rings. The second-order valence-corrected chi connectivity index (χ2v) is 4.11. The number of carbonyl (C=O) groups excluding carboxylic acids is 1. The Morgan fingerprint density at radius 2 is 1.71 bits per heavy atom. The summed E-state index contributed by atoms with van der Waals surface area (Å²) in [5.74, 6) is 0. The van der Waals surface area contributed by atoms with Gasteiger partial charge in [0, 0.05) is 0 Å². The number of aliphatic hydroxyl groups is 4. The SMILES string of the molecule is O=C[C@H](NS(=O)(=O)[O-])C(O)C(O)C(O)CO.[Na+]. The number of hydrogen-bond donors (Lipinski definition) is 5. The smallest absolute Gasteiger partial charge is 0.735 e. The van der Waals surface area contributed by atoms with Gasteiger partial charge in [-0.3, -0.25) is 0 Å². The molecule has 0 amide bonds. The fourth-order valence-electron chi connectivity index (χ4n) is 0.893. The van der Waals surface area contributed by atoms with Gasteiger partial charge in [0.15, 0.2) is 10.3 Å². The minimum absolute atomic E-state index is 0. The molecule has 9 nitrogen and oxygen atoms in total. The summed E-state index contributed by atoms with van der Waals surface area (Å²) in [4.78, 5) is 10.4. The molecule has 4 atom stereocenters. The maximum atomic E-state index is 10.4. The molecule has 5 N–H and O–H groups in total. The fraction of sp³-hybridized carbons (Fsp3) is 0.833. The largest absolute Gasteiger partial charge is 1.00 e. The molecule has 0 fully saturated rings. The van der Waals surface area contributed by atoms with E-state index in [4.69, 9.17) is 15.3 Å². The number of nitrogens with one attached hydrogen (secondary N) is 1. The van der Waals surface area contributed by atoms with Gasteiger partial charge in [-0.25, -0.2) is 13.1 Å². The van der Waals surface area contributed by atoms with Crippen molar-refractivity contribution in [1.82, 2.24) is 4.72 Å². The van der Waals surface area contributed by atoms with Crippen LogP contribution in [0.25, 0.3) is 0 Å². The number of rotatable bonds is 7. The van der Waals surface area contributed by atoms with E-state index in [1.807, 2.05) is 0 Å². The van der Waals surface area contributed by atoms with Crippen molar-refractivity contribution in [1.29, 1.82) is 0 Å². The predicted octanol–water partition coefficient (Wildman–Crippen LogP) is -7.32. The van der Waals surface area contributed by atoms with Crippen molar-refractivity contribution in [3.05, 3.63) is 0 Å². The normalized spacial score (nSPS) is 18.6. The van der Waals surface area contributed by atoms with Gasteiger partial charge in [-0.1, -0.05) is 0 Å². The minimum Gasteiger partial charge on any atom is -0.735 e. The maximum Gasteiger partial charge on any atom is 1.00 e. The molecule has 0 aromatic rings. The average Bonchev–Trinajstić information content (AvgIpc) is 2.21. The van der Waals surface area contributed by atoms with E-state index in [1.54, 1.807) is 0 Å². The van der Waals surface area contributed by atoms with Crippen LogP contribution < -0.4 is 34.3 Å². The zero-order valence-corrected chi connectivity index (χ0v) is 11.7. The van der Waals surface area contributed by atoms with Crippen LogP contribution in [0, 0.1) is 0 Å². The average molecular weight is 281 g/mol. The fourth-order valence-corrected chi connectivity index (χ4v) is 1.42. The molecule has 0 aliphatic heterocycles. The number of hydrogen-bond acceptors (Lipinski definition) is 8. The van der Waals surface area contributed by atoms with Crippen molar-refractivity contribution < 1.29 is 67.7 Å².